The Morgan fingerprint density at radius 2 is 1.77 bits per heavy atom. The molecule has 0 heterocycles. The predicted octanol–water partition coefficient (Wildman–Crippen LogP) is 0.742. The van der Waals surface area contributed by atoms with Gasteiger partial charge >= 0.3 is 5.97 Å². The highest BCUT2D eigenvalue weighted by Crippen LogP contribution is 2.12. The monoisotopic (exact) mass is 188 g/mol. The molecule has 0 aromatic rings. The molecule has 4 nitrogen and oxygen atoms in total. The molecular weight excluding hydrogens is 168 g/mol. The second-order valence-electron chi connectivity index (χ2n) is 4.29. The predicted molar refractivity (Wildman–Crippen MR) is 51.9 cm³/mol. The molecule has 0 rings (SSSR count). The minimum absolute atomic E-state index is 0.432. The standard InChI is InChI=1S/C9H20N2O2/c1-5-6-9(10,11)7(12)13-8(2,3)4/h5-6,10-11H2,1-4H3. The third kappa shape index (κ3) is 4.85. The van der Waals surface area contributed by atoms with Crippen LogP contribution in [0.1, 0.15) is 40.5 Å². The Kier molecular flexibility index (Phi) is 3.88. The van der Waals surface area contributed by atoms with Crippen molar-refractivity contribution in [2.45, 2.75) is 51.8 Å². The van der Waals surface area contributed by atoms with Crippen LogP contribution in [0.2, 0.25) is 0 Å². The molecule has 0 aliphatic carbocycles. The fraction of sp³-hybridized carbons (Fsp3) is 0.889. The third-order valence-corrected chi connectivity index (χ3v) is 1.44. The maximum absolute atomic E-state index is 11.4. The van der Waals surface area contributed by atoms with Gasteiger partial charge in [-0.25, -0.2) is 4.79 Å². The summed E-state index contributed by atoms with van der Waals surface area (Å²) in [5, 5.41) is 0. The highest BCUT2D eigenvalue weighted by molar-refractivity contribution is 5.79. The minimum atomic E-state index is -1.35. The molecule has 0 radical (unpaired) electrons. The molecule has 0 aliphatic rings. The van der Waals surface area contributed by atoms with Gasteiger partial charge in [0.2, 0.25) is 0 Å². The zero-order valence-corrected chi connectivity index (χ0v) is 8.89. The Bertz CT molecular complexity index is 183. The lowest BCUT2D eigenvalue weighted by Gasteiger charge is -2.27. The number of esters is 1. The van der Waals surface area contributed by atoms with E-state index in [1.807, 2.05) is 6.92 Å². The van der Waals surface area contributed by atoms with Crippen molar-refractivity contribution in [2.75, 3.05) is 0 Å². The van der Waals surface area contributed by atoms with Crippen LogP contribution in [0.4, 0.5) is 0 Å². The zero-order chi connectivity index (χ0) is 10.7. The van der Waals surface area contributed by atoms with Crippen molar-refractivity contribution >= 4 is 5.97 Å². The van der Waals surface area contributed by atoms with Crippen molar-refractivity contribution in [3.63, 3.8) is 0 Å². The van der Waals surface area contributed by atoms with Gasteiger partial charge in [-0.15, -0.1) is 0 Å². The summed E-state index contributed by atoms with van der Waals surface area (Å²) >= 11 is 0. The van der Waals surface area contributed by atoms with E-state index in [-0.39, 0.29) is 0 Å². The van der Waals surface area contributed by atoms with Crippen LogP contribution in [0.3, 0.4) is 0 Å². The van der Waals surface area contributed by atoms with Gasteiger partial charge in [0.25, 0.3) is 0 Å². The van der Waals surface area contributed by atoms with Crippen LogP contribution < -0.4 is 11.5 Å². The summed E-state index contributed by atoms with van der Waals surface area (Å²) in [6.45, 7) is 7.27. The van der Waals surface area contributed by atoms with E-state index in [9.17, 15) is 4.79 Å². The highest BCUT2D eigenvalue weighted by Gasteiger charge is 2.32. The number of nitrogens with two attached hydrogens (primary N) is 2. The molecule has 0 unspecified atom stereocenters. The molecule has 0 spiro atoms. The third-order valence-electron chi connectivity index (χ3n) is 1.44. The molecule has 4 N–H and O–H groups in total. The summed E-state index contributed by atoms with van der Waals surface area (Å²) < 4.78 is 5.07. The minimum Gasteiger partial charge on any atom is -0.458 e. The average molecular weight is 188 g/mol. The van der Waals surface area contributed by atoms with Crippen LogP contribution in [0, 0.1) is 0 Å². The van der Waals surface area contributed by atoms with E-state index in [1.165, 1.54) is 0 Å². The van der Waals surface area contributed by atoms with Crippen molar-refractivity contribution in [3.05, 3.63) is 0 Å². The van der Waals surface area contributed by atoms with Gasteiger partial charge < -0.3 is 16.2 Å². The Morgan fingerprint density at radius 3 is 2.08 bits per heavy atom. The van der Waals surface area contributed by atoms with Crippen LogP contribution >= 0.6 is 0 Å². The normalized spacial score (nSPS) is 12.8. The van der Waals surface area contributed by atoms with E-state index >= 15 is 0 Å². The van der Waals surface area contributed by atoms with E-state index in [4.69, 9.17) is 16.2 Å². The fourth-order valence-corrected chi connectivity index (χ4v) is 0.889. The van der Waals surface area contributed by atoms with Gasteiger partial charge in [0.15, 0.2) is 5.66 Å². The van der Waals surface area contributed by atoms with Gasteiger partial charge in [-0.1, -0.05) is 13.3 Å². The van der Waals surface area contributed by atoms with Gasteiger partial charge in [-0.2, -0.15) is 0 Å². The first-order valence-corrected chi connectivity index (χ1v) is 4.50. The lowest BCUT2D eigenvalue weighted by atomic mass is 10.1. The van der Waals surface area contributed by atoms with Crippen LogP contribution in [0.5, 0.6) is 0 Å². The first-order valence-electron chi connectivity index (χ1n) is 4.50. The van der Waals surface area contributed by atoms with E-state index < -0.39 is 17.2 Å². The summed E-state index contributed by atoms with van der Waals surface area (Å²) in [6, 6.07) is 0. The first kappa shape index (κ1) is 12.4. The molecule has 0 fully saturated rings. The molecule has 0 bridgehead atoms. The Morgan fingerprint density at radius 1 is 1.31 bits per heavy atom. The first-order chi connectivity index (χ1) is 5.69. The van der Waals surface area contributed by atoms with Crippen molar-refractivity contribution < 1.29 is 9.53 Å². The molecule has 0 aromatic carbocycles. The Hall–Kier alpha value is -0.610. The number of carbonyl (C=O) groups is 1. The Labute approximate surface area is 79.6 Å². The summed E-state index contributed by atoms with van der Waals surface area (Å²) in [5.74, 6) is -0.540. The lowest BCUT2D eigenvalue weighted by molar-refractivity contribution is -0.161. The van der Waals surface area contributed by atoms with Gasteiger partial charge in [0.1, 0.15) is 5.60 Å². The number of rotatable bonds is 3. The molecule has 0 aliphatic heterocycles. The van der Waals surface area contributed by atoms with Crippen LogP contribution in [-0.4, -0.2) is 17.2 Å². The lowest BCUT2D eigenvalue weighted by Crippen LogP contribution is -2.58. The van der Waals surface area contributed by atoms with Gasteiger partial charge in [0, 0.05) is 0 Å². The molecule has 0 atom stereocenters. The Balaban J connectivity index is 4.25. The van der Waals surface area contributed by atoms with E-state index in [2.05, 4.69) is 0 Å². The molecular formula is C9H20N2O2. The molecule has 0 amide bonds. The molecule has 78 valence electrons. The summed E-state index contributed by atoms with van der Waals surface area (Å²) in [5.41, 5.74) is 9.28. The smallest absolute Gasteiger partial charge is 0.341 e. The second-order valence-corrected chi connectivity index (χ2v) is 4.29. The fourth-order valence-electron chi connectivity index (χ4n) is 0.889. The molecule has 4 heteroatoms. The largest absolute Gasteiger partial charge is 0.458 e. The summed E-state index contributed by atoms with van der Waals surface area (Å²) in [7, 11) is 0. The van der Waals surface area contributed by atoms with Crippen LogP contribution in [-0.2, 0) is 9.53 Å². The second kappa shape index (κ2) is 4.07. The van der Waals surface area contributed by atoms with E-state index in [1.54, 1.807) is 20.8 Å². The van der Waals surface area contributed by atoms with Gasteiger partial charge in [-0.05, 0) is 27.2 Å². The van der Waals surface area contributed by atoms with E-state index in [0.29, 0.717) is 6.42 Å². The molecule has 0 saturated carbocycles. The number of carbonyl (C=O) groups excluding carboxylic acids is 1. The highest BCUT2D eigenvalue weighted by atomic mass is 16.6. The molecule has 13 heavy (non-hydrogen) atoms. The van der Waals surface area contributed by atoms with Gasteiger partial charge in [0.05, 0.1) is 0 Å². The van der Waals surface area contributed by atoms with E-state index in [0.717, 1.165) is 6.42 Å². The quantitative estimate of drug-likeness (QED) is 0.506. The number of ether oxygens (including phenoxy) is 1. The molecule has 0 saturated heterocycles. The topological polar surface area (TPSA) is 78.3 Å². The zero-order valence-electron chi connectivity index (χ0n) is 8.89. The van der Waals surface area contributed by atoms with Crippen molar-refractivity contribution in [3.8, 4) is 0 Å². The van der Waals surface area contributed by atoms with Crippen LogP contribution in [0.15, 0.2) is 0 Å². The summed E-state index contributed by atoms with van der Waals surface area (Å²) in [4.78, 5) is 11.4. The maximum atomic E-state index is 11.4. The SMILES string of the molecule is CCCC(N)(N)C(=O)OC(C)(C)C. The number of hydrogen-bond donors (Lipinski definition) is 2. The maximum Gasteiger partial charge on any atom is 0.341 e. The number of hydrogen-bond acceptors (Lipinski definition) is 4. The van der Waals surface area contributed by atoms with Crippen molar-refractivity contribution in [2.24, 2.45) is 11.5 Å². The van der Waals surface area contributed by atoms with Crippen molar-refractivity contribution in [1.29, 1.82) is 0 Å². The average Bonchev–Trinajstić information content (AvgIpc) is 1.82. The van der Waals surface area contributed by atoms with Crippen LogP contribution in [0.25, 0.3) is 0 Å². The molecule has 0 aromatic heterocycles. The summed E-state index contributed by atoms with van der Waals surface area (Å²) in [6.07, 6.45) is 1.19. The van der Waals surface area contributed by atoms with Crippen molar-refractivity contribution in [1.82, 2.24) is 0 Å². The van der Waals surface area contributed by atoms with Gasteiger partial charge in [-0.3, -0.25) is 0 Å².